The summed E-state index contributed by atoms with van der Waals surface area (Å²) in [6.45, 7) is 0.725. The average Bonchev–Trinajstić information content (AvgIpc) is 2.30. The lowest BCUT2D eigenvalue weighted by Gasteiger charge is -2.05. The minimum absolute atomic E-state index is 0.113. The molecule has 1 atom stereocenters. The van der Waals surface area contributed by atoms with Gasteiger partial charge in [0.15, 0.2) is 0 Å². The predicted octanol–water partition coefficient (Wildman–Crippen LogP) is 1.18. The Bertz CT molecular complexity index is 440. The van der Waals surface area contributed by atoms with Gasteiger partial charge < -0.3 is 11.1 Å². The second-order valence-corrected chi connectivity index (χ2v) is 5.47. The first-order valence-corrected chi connectivity index (χ1v) is 6.92. The number of carbonyl (C=O) groups excluding carboxylic acids is 1. The van der Waals surface area contributed by atoms with Gasteiger partial charge in [-0.25, -0.2) is 0 Å². The zero-order valence-corrected chi connectivity index (χ0v) is 11.2. The monoisotopic (exact) mass is 294 g/mol. The lowest BCUT2D eigenvalue weighted by molar-refractivity contribution is -0.118. The molecule has 0 heterocycles. The Labute approximate surface area is 112 Å². The van der Waals surface area contributed by atoms with Gasteiger partial charge in [0.25, 0.3) is 0 Å². The van der Waals surface area contributed by atoms with E-state index in [1.54, 1.807) is 12.1 Å². The van der Waals surface area contributed by atoms with Crippen LogP contribution >= 0.6 is 23.2 Å². The van der Waals surface area contributed by atoms with E-state index < -0.39 is 10.8 Å². The van der Waals surface area contributed by atoms with Crippen molar-refractivity contribution in [3.8, 4) is 0 Å². The molecule has 1 unspecified atom stereocenters. The Balaban J connectivity index is 2.63. The molecule has 0 fully saturated rings. The van der Waals surface area contributed by atoms with E-state index in [0.717, 1.165) is 0 Å². The topological polar surface area (TPSA) is 72.2 Å². The van der Waals surface area contributed by atoms with Crippen molar-refractivity contribution in [1.29, 1.82) is 0 Å². The summed E-state index contributed by atoms with van der Waals surface area (Å²) in [5.74, 6) is -0.419. The van der Waals surface area contributed by atoms with Crippen molar-refractivity contribution in [3.63, 3.8) is 0 Å². The summed E-state index contributed by atoms with van der Waals surface area (Å²) in [6.07, 6.45) is 0. The fourth-order valence-corrected chi connectivity index (χ4v) is 2.42. The van der Waals surface area contributed by atoms with Gasteiger partial charge in [-0.2, -0.15) is 0 Å². The maximum atomic E-state index is 11.8. The van der Waals surface area contributed by atoms with Crippen LogP contribution in [0.1, 0.15) is 0 Å². The molecule has 4 nitrogen and oxygen atoms in total. The maximum Gasteiger partial charge on any atom is 0.233 e. The fraction of sp³-hybridized carbons (Fsp3) is 0.300. The highest BCUT2D eigenvalue weighted by molar-refractivity contribution is 7.85. The molecule has 17 heavy (non-hydrogen) atoms. The van der Waals surface area contributed by atoms with Crippen LogP contribution in [0.2, 0.25) is 10.0 Å². The van der Waals surface area contributed by atoms with E-state index in [2.05, 4.69) is 5.32 Å². The average molecular weight is 295 g/mol. The van der Waals surface area contributed by atoms with Crippen molar-refractivity contribution in [2.45, 2.75) is 4.90 Å². The van der Waals surface area contributed by atoms with E-state index in [1.165, 1.54) is 6.07 Å². The molecule has 0 aliphatic heterocycles. The third-order valence-corrected chi connectivity index (χ3v) is 3.93. The first-order chi connectivity index (χ1) is 8.04. The third-order valence-electron chi connectivity index (χ3n) is 1.88. The molecule has 94 valence electrons. The summed E-state index contributed by atoms with van der Waals surface area (Å²) >= 11 is 11.5. The number of benzene rings is 1. The summed E-state index contributed by atoms with van der Waals surface area (Å²) < 4.78 is 11.8. The highest BCUT2D eigenvalue weighted by Crippen LogP contribution is 2.24. The molecular weight excluding hydrogens is 283 g/mol. The van der Waals surface area contributed by atoms with Crippen molar-refractivity contribution in [1.82, 2.24) is 5.32 Å². The molecule has 0 saturated carbocycles. The van der Waals surface area contributed by atoms with Crippen LogP contribution in [0.25, 0.3) is 0 Å². The second-order valence-electron chi connectivity index (χ2n) is 3.20. The first kappa shape index (κ1) is 14.4. The van der Waals surface area contributed by atoms with Crippen molar-refractivity contribution in [3.05, 3.63) is 28.2 Å². The lowest BCUT2D eigenvalue weighted by atomic mass is 10.4. The van der Waals surface area contributed by atoms with Gasteiger partial charge in [-0.05, 0) is 18.2 Å². The number of halogens is 2. The molecule has 0 radical (unpaired) electrons. The first-order valence-electron chi connectivity index (χ1n) is 4.84. The summed E-state index contributed by atoms with van der Waals surface area (Å²) in [5.41, 5.74) is 5.23. The van der Waals surface area contributed by atoms with E-state index in [4.69, 9.17) is 28.9 Å². The number of nitrogens with two attached hydrogens (primary N) is 1. The van der Waals surface area contributed by atoms with Gasteiger partial charge >= 0.3 is 0 Å². The van der Waals surface area contributed by atoms with Crippen molar-refractivity contribution in [2.24, 2.45) is 5.73 Å². The van der Waals surface area contributed by atoms with E-state index in [1.807, 2.05) is 0 Å². The van der Waals surface area contributed by atoms with E-state index >= 15 is 0 Å². The molecule has 1 aromatic rings. The molecule has 0 spiro atoms. The van der Waals surface area contributed by atoms with Crippen LogP contribution in [-0.2, 0) is 15.6 Å². The van der Waals surface area contributed by atoms with E-state index in [9.17, 15) is 9.00 Å². The lowest BCUT2D eigenvalue weighted by Crippen LogP contribution is -2.32. The number of rotatable bonds is 5. The van der Waals surface area contributed by atoms with Gasteiger partial charge in [0.1, 0.15) is 5.75 Å². The normalized spacial score (nSPS) is 12.2. The predicted molar refractivity (Wildman–Crippen MR) is 69.8 cm³/mol. The minimum Gasteiger partial charge on any atom is -0.354 e. The van der Waals surface area contributed by atoms with E-state index in [-0.39, 0.29) is 11.7 Å². The SMILES string of the molecule is NCCNC(=O)CS(=O)c1ccc(Cl)c(Cl)c1. The van der Waals surface area contributed by atoms with Gasteiger partial charge in [0.05, 0.1) is 20.8 Å². The second kappa shape index (κ2) is 6.96. The summed E-state index contributed by atoms with van der Waals surface area (Å²) in [5, 5.41) is 3.25. The maximum absolute atomic E-state index is 11.8. The molecular formula is C10H12Cl2N2O2S. The summed E-state index contributed by atoms with van der Waals surface area (Å²) in [7, 11) is -1.43. The van der Waals surface area contributed by atoms with Gasteiger partial charge in [-0.3, -0.25) is 9.00 Å². The quantitative estimate of drug-likeness (QED) is 0.856. The van der Waals surface area contributed by atoms with E-state index in [0.29, 0.717) is 28.0 Å². The molecule has 0 aliphatic carbocycles. The van der Waals surface area contributed by atoms with Gasteiger partial charge in [0.2, 0.25) is 5.91 Å². The standard InChI is InChI=1S/C10H12Cl2N2O2S/c11-8-2-1-7(5-9(8)12)17(16)6-10(15)14-4-3-13/h1-2,5H,3-4,6,13H2,(H,14,15). The highest BCUT2D eigenvalue weighted by Gasteiger charge is 2.11. The molecule has 1 aromatic carbocycles. The number of amides is 1. The van der Waals surface area contributed by atoms with Crippen LogP contribution in [0, 0.1) is 0 Å². The molecule has 7 heteroatoms. The van der Waals surface area contributed by atoms with Gasteiger partial charge in [0, 0.05) is 18.0 Å². The number of hydrogen-bond acceptors (Lipinski definition) is 3. The fourth-order valence-electron chi connectivity index (χ4n) is 1.08. The zero-order chi connectivity index (χ0) is 12.8. The van der Waals surface area contributed by atoms with Crippen molar-refractivity contribution < 1.29 is 9.00 Å². The van der Waals surface area contributed by atoms with Crippen LogP contribution in [0.5, 0.6) is 0 Å². The van der Waals surface area contributed by atoms with Gasteiger partial charge in [-0.1, -0.05) is 23.2 Å². The Kier molecular flexibility index (Phi) is 5.91. The van der Waals surface area contributed by atoms with Crippen LogP contribution in [0.3, 0.4) is 0 Å². The number of hydrogen-bond donors (Lipinski definition) is 2. The smallest absolute Gasteiger partial charge is 0.233 e. The Hall–Kier alpha value is -0.620. The van der Waals surface area contributed by atoms with Crippen LogP contribution in [0.15, 0.2) is 23.1 Å². The molecule has 1 rings (SSSR count). The van der Waals surface area contributed by atoms with Crippen LogP contribution in [0.4, 0.5) is 0 Å². The zero-order valence-electron chi connectivity index (χ0n) is 8.91. The number of nitrogens with one attached hydrogen (secondary N) is 1. The Morgan fingerprint density at radius 2 is 2.06 bits per heavy atom. The molecule has 3 N–H and O–H groups in total. The minimum atomic E-state index is -1.43. The molecule has 0 saturated heterocycles. The van der Waals surface area contributed by atoms with Crippen LogP contribution < -0.4 is 11.1 Å². The highest BCUT2D eigenvalue weighted by atomic mass is 35.5. The summed E-state index contributed by atoms with van der Waals surface area (Å²) in [6, 6.07) is 4.63. The Morgan fingerprint density at radius 3 is 2.65 bits per heavy atom. The largest absolute Gasteiger partial charge is 0.354 e. The number of carbonyl (C=O) groups is 1. The van der Waals surface area contributed by atoms with Crippen LogP contribution in [-0.4, -0.2) is 29.0 Å². The Morgan fingerprint density at radius 1 is 1.35 bits per heavy atom. The van der Waals surface area contributed by atoms with Gasteiger partial charge in [-0.15, -0.1) is 0 Å². The molecule has 0 bridgehead atoms. The summed E-state index contributed by atoms with van der Waals surface area (Å²) in [4.78, 5) is 11.8. The molecule has 1 amide bonds. The third kappa shape index (κ3) is 4.63. The van der Waals surface area contributed by atoms with Crippen molar-refractivity contribution >= 4 is 39.9 Å². The molecule has 0 aromatic heterocycles. The van der Waals surface area contributed by atoms with Crippen molar-refractivity contribution in [2.75, 3.05) is 18.8 Å². The molecule has 0 aliphatic rings.